The molecule has 11 heteroatoms. The van der Waals surface area contributed by atoms with E-state index in [4.69, 9.17) is 11.6 Å². The molecule has 1 aromatic carbocycles. The second-order valence-electron chi connectivity index (χ2n) is 5.97. The van der Waals surface area contributed by atoms with Gasteiger partial charge in [0.15, 0.2) is 11.5 Å². The third kappa shape index (κ3) is 3.74. The van der Waals surface area contributed by atoms with E-state index in [0.717, 1.165) is 0 Å². The number of anilines is 1. The first kappa shape index (κ1) is 18.8. The molecule has 3 heterocycles. The van der Waals surface area contributed by atoms with Gasteiger partial charge in [0.25, 0.3) is 5.91 Å². The summed E-state index contributed by atoms with van der Waals surface area (Å²) in [6.07, 6.45) is 4.57. The zero-order chi connectivity index (χ0) is 20.5. The van der Waals surface area contributed by atoms with E-state index in [1.54, 1.807) is 19.2 Å². The number of halogens is 3. The van der Waals surface area contributed by atoms with Crippen LogP contribution in [-0.2, 0) is 0 Å². The number of carbonyl (C=O) groups is 1. The maximum atomic E-state index is 12.8. The molecule has 0 radical (unpaired) electrons. The van der Waals surface area contributed by atoms with Gasteiger partial charge in [-0.15, -0.1) is 0 Å². The largest absolute Gasteiger partial charge is 0.434 e. The van der Waals surface area contributed by atoms with Crippen LogP contribution in [0.3, 0.4) is 0 Å². The number of hydrogen-bond donors (Lipinski definition) is 2. The lowest BCUT2D eigenvalue weighted by molar-refractivity contribution is -0.0494. The minimum absolute atomic E-state index is 0.110. The monoisotopic (exact) mass is 418 g/mol. The third-order valence-electron chi connectivity index (χ3n) is 4.01. The van der Waals surface area contributed by atoms with Crippen molar-refractivity contribution in [1.82, 2.24) is 24.6 Å². The number of ether oxygens (including phenoxy) is 1. The quantitative estimate of drug-likeness (QED) is 0.511. The van der Waals surface area contributed by atoms with Crippen LogP contribution in [0.4, 0.5) is 14.6 Å². The lowest BCUT2D eigenvalue weighted by Gasteiger charge is -2.11. The second-order valence-corrected chi connectivity index (χ2v) is 6.40. The highest BCUT2D eigenvalue weighted by Crippen LogP contribution is 2.36. The Morgan fingerprint density at radius 3 is 3.00 bits per heavy atom. The molecule has 4 rings (SSSR count). The van der Waals surface area contributed by atoms with Gasteiger partial charge in [-0.3, -0.25) is 4.79 Å². The molecule has 3 aromatic heterocycles. The van der Waals surface area contributed by atoms with E-state index in [1.807, 2.05) is 0 Å². The maximum Gasteiger partial charge on any atom is 0.387 e. The fourth-order valence-electron chi connectivity index (χ4n) is 2.84. The molecule has 0 unspecified atom stereocenters. The number of hydrogen-bond acceptors (Lipinski definition) is 5. The fraction of sp³-hybridized carbons (Fsp3) is 0.111. The van der Waals surface area contributed by atoms with E-state index in [9.17, 15) is 13.6 Å². The number of imidazole rings is 1. The molecule has 0 aliphatic rings. The van der Waals surface area contributed by atoms with Crippen LogP contribution in [0.2, 0.25) is 5.02 Å². The van der Waals surface area contributed by atoms with Crippen molar-refractivity contribution in [3.8, 4) is 17.0 Å². The van der Waals surface area contributed by atoms with Crippen LogP contribution >= 0.6 is 11.6 Å². The van der Waals surface area contributed by atoms with Gasteiger partial charge in [-0.2, -0.15) is 13.9 Å². The number of carbonyl (C=O) groups excluding carboxylic acids is 1. The Kier molecular flexibility index (Phi) is 4.85. The summed E-state index contributed by atoms with van der Waals surface area (Å²) in [7, 11) is 0. The van der Waals surface area contributed by atoms with Gasteiger partial charge < -0.3 is 15.0 Å². The summed E-state index contributed by atoms with van der Waals surface area (Å²) in [5.41, 5.74) is 1.10. The number of H-pyrrole nitrogens is 1. The summed E-state index contributed by atoms with van der Waals surface area (Å²) < 4.78 is 31.6. The number of aromatic nitrogens is 5. The number of fused-ring (bicyclic) bond motifs is 1. The van der Waals surface area contributed by atoms with Crippen molar-refractivity contribution >= 4 is 29.0 Å². The predicted octanol–water partition coefficient (Wildman–Crippen LogP) is 3.93. The molecule has 8 nitrogen and oxygen atoms in total. The van der Waals surface area contributed by atoms with Crippen molar-refractivity contribution in [2.45, 2.75) is 13.5 Å². The van der Waals surface area contributed by atoms with Crippen LogP contribution in [0.5, 0.6) is 5.75 Å². The first-order valence-corrected chi connectivity index (χ1v) is 8.71. The van der Waals surface area contributed by atoms with Crippen LogP contribution in [0.1, 0.15) is 16.2 Å². The minimum atomic E-state index is -3.03. The Hall–Kier alpha value is -3.53. The smallest absolute Gasteiger partial charge is 0.387 e. The zero-order valence-electron chi connectivity index (χ0n) is 14.9. The molecule has 0 atom stereocenters. The van der Waals surface area contributed by atoms with Crippen molar-refractivity contribution < 1.29 is 18.3 Å². The van der Waals surface area contributed by atoms with E-state index >= 15 is 0 Å². The van der Waals surface area contributed by atoms with Crippen LogP contribution < -0.4 is 10.1 Å². The number of benzene rings is 1. The molecular weight excluding hydrogens is 406 g/mol. The molecule has 0 spiro atoms. The highest BCUT2D eigenvalue weighted by atomic mass is 35.5. The van der Waals surface area contributed by atoms with Gasteiger partial charge in [-0.05, 0) is 31.2 Å². The average Bonchev–Trinajstić information content (AvgIpc) is 3.26. The Labute approximate surface area is 167 Å². The van der Waals surface area contributed by atoms with Crippen molar-refractivity contribution in [2.24, 2.45) is 0 Å². The summed E-state index contributed by atoms with van der Waals surface area (Å²) in [5, 5.41) is 7.04. The summed E-state index contributed by atoms with van der Waals surface area (Å²) in [4.78, 5) is 24.1. The first-order chi connectivity index (χ1) is 13.9. The Morgan fingerprint density at radius 2 is 2.21 bits per heavy atom. The van der Waals surface area contributed by atoms with Gasteiger partial charge in [0.2, 0.25) is 0 Å². The van der Waals surface area contributed by atoms with Gasteiger partial charge in [-0.25, -0.2) is 14.5 Å². The Bertz CT molecular complexity index is 1210. The SMILES string of the molecule is Cc1nc(NC(=O)c2cnn3cccnc23)c(-c2cc(Cl)ccc2OC(F)F)[nH]1. The first-order valence-electron chi connectivity index (χ1n) is 8.33. The molecule has 0 fully saturated rings. The van der Waals surface area contributed by atoms with Crippen molar-refractivity contribution in [3.63, 3.8) is 0 Å². The molecule has 0 saturated heterocycles. The minimum Gasteiger partial charge on any atom is -0.434 e. The second kappa shape index (κ2) is 7.47. The predicted molar refractivity (Wildman–Crippen MR) is 101 cm³/mol. The van der Waals surface area contributed by atoms with Gasteiger partial charge in [0.05, 0.1) is 11.9 Å². The topological polar surface area (TPSA) is 97.2 Å². The maximum absolute atomic E-state index is 12.8. The van der Waals surface area contributed by atoms with Crippen LogP contribution in [0, 0.1) is 6.92 Å². The molecular formula is C18H13ClF2N6O2. The van der Waals surface area contributed by atoms with E-state index in [2.05, 4.69) is 30.1 Å². The number of rotatable bonds is 5. The van der Waals surface area contributed by atoms with Gasteiger partial charge in [-0.1, -0.05) is 11.6 Å². The molecule has 0 aliphatic heterocycles. The average molecular weight is 419 g/mol. The van der Waals surface area contributed by atoms with Crippen LogP contribution in [-0.4, -0.2) is 37.1 Å². The molecule has 148 valence electrons. The molecule has 4 aromatic rings. The number of nitrogens with zero attached hydrogens (tertiary/aromatic N) is 4. The number of alkyl halides is 2. The molecule has 29 heavy (non-hydrogen) atoms. The van der Waals surface area contributed by atoms with Crippen molar-refractivity contribution in [2.75, 3.05) is 5.32 Å². The van der Waals surface area contributed by atoms with Crippen molar-refractivity contribution in [3.05, 3.63) is 59.3 Å². The Balaban J connectivity index is 1.73. The Morgan fingerprint density at radius 1 is 1.38 bits per heavy atom. The highest BCUT2D eigenvalue weighted by molar-refractivity contribution is 6.31. The van der Waals surface area contributed by atoms with E-state index in [0.29, 0.717) is 16.5 Å². The summed E-state index contributed by atoms with van der Waals surface area (Å²) in [6, 6.07) is 5.87. The van der Waals surface area contributed by atoms with Crippen molar-refractivity contribution in [1.29, 1.82) is 0 Å². The number of amides is 1. The summed E-state index contributed by atoms with van der Waals surface area (Å²) >= 11 is 6.03. The standard InChI is InChI=1S/C18H13ClF2N6O2/c1-9-24-14(11-7-10(19)3-4-13(11)29-18(20)21)15(25-9)26-17(28)12-8-23-27-6-2-5-22-16(12)27/h2-8,18H,1H3,(H,24,25)(H,26,28). The van der Waals surface area contributed by atoms with E-state index in [-0.39, 0.29) is 28.4 Å². The number of nitrogens with one attached hydrogen (secondary N) is 2. The molecule has 0 saturated carbocycles. The normalized spacial score (nSPS) is 11.2. The van der Waals surface area contributed by atoms with E-state index in [1.165, 1.54) is 35.1 Å². The van der Waals surface area contributed by atoms with E-state index < -0.39 is 12.5 Å². The lowest BCUT2D eigenvalue weighted by atomic mass is 10.1. The summed E-state index contributed by atoms with van der Waals surface area (Å²) in [6.45, 7) is -1.37. The van der Waals surface area contributed by atoms with Crippen LogP contribution in [0.15, 0.2) is 42.9 Å². The van der Waals surface area contributed by atoms with Gasteiger partial charge in [0, 0.05) is 23.0 Å². The lowest BCUT2D eigenvalue weighted by Crippen LogP contribution is -2.13. The summed E-state index contributed by atoms with van der Waals surface area (Å²) in [5.74, 6) is -0.0357. The zero-order valence-corrected chi connectivity index (χ0v) is 15.6. The van der Waals surface area contributed by atoms with Gasteiger partial charge in [0.1, 0.15) is 17.1 Å². The van der Waals surface area contributed by atoms with Crippen LogP contribution in [0.25, 0.3) is 16.9 Å². The fourth-order valence-corrected chi connectivity index (χ4v) is 3.01. The van der Waals surface area contributed by atoms with Gasteiger partial charge >= 0.3 is 6.61 Å². The molecule has 0 bridgehead atoms. The molecule has 1 amide bonds. The third-order valence-corrected chi connectivity index (χ3v) is 4.24. The number of aromatic amines is 1. The molecule has 0 aliphatic carbocycles. The highest BCUT2D eigenvalue weighted by Gasteiger charge is 2.21. The number of aryl methyl sites for hydroxylation is 1. The molecule has 2 N–H and O–H groups in total.